The van der Waals surface area contributed by atoms with E-state index in [2.05, 4.69) is 5.32 Å². The Hall–Kier alpha value is -3.26. The third kappa shape index (κ3) is 5.88. The number of benzene rings is 2. The summed E-state index contributed by atoms with van der Waals surface area (Å²) in [6, 6.07) is 9.64. The van der Waals surface area contributed by atoms with Crippen molar-refractivity contribution in [3.05, 3.63) is 47.0 Å². The second kappa shape index (κ2) is 10.2. The van der Waals surface area contributed by atoms with E-state index >= 15 is 0 Å². The van der Waals surface area contributed by atoms with Crippen LogP contribution in [-0.2, 0) is 14.3 Å². The standard InChI is InChI=1S/C22H22ClNO7/c1-13(22(27)24-16-12-15(23)4-7-18(16)28-2)31-21(26)8-5-17(25)14-3-6-19-20(11-14)30-10-9-29-19/h3-4,6-7,11-13H,5,8-10H2,1-2H3,(H,24,27). The van der Waals surface area contributed by atoms with Gasteiger partial charge in [-0.05, 0) is 43.3 Å². The summed E-state index contributed by atoms with van der Waals surface area (Å²) in [6.07, 6.45) is -1.29. The van der Waals surface area contributed by atoms with Crippen LogP contribution in [0.25, 0.3) is 0 Å². The van der Waals surface area contributed by atoms with Gasteiger partial charge in [-0.25, -0.2) is 0 Å². The smallest absolute Gasteiger partial charge is 0.307 e. The zero-order chi connectivity index (χ0) is 22.4. The fourth-order valence-corrected chi connectivity index (χ4v) is 3.07. The summed E-state index contributed by atoms with van der Waals surface area (Å²) in [6.45, 7) is 2.31. The zero-order valence-corrected chi connectivity index (χ0v) is 17.9. The van der Waals surface area contributed by atoms with Crippen LogP contribution < -0.4 is 19.5 Å². The third-order valence-electron chi connectivity index (χ3n) is 4.52. The van der Waals surface area contributed by atoms with Gasteiger partial charge in [0.15, 0.2) is 23.4 Å². The number of halogens is 1. The minimum absolute atomic E-state index is 0.0606. The second-order valence-corrected chi connectivity index (χ2v) is 7.18. The Bertz CT molecular complexity index is 992. The number of rotatable bonds is 8. The number of hydrogen-bond donors (Lipinski definition) is 1. The lowest BCUT2D eigenvalue weighted by Crippen LogP contribution is -2.30. The number of Topliss-reactive ketones (excluding diaryl/α,β-unsaturated/α-hetero) is 1. The molecule has 0 spiro atoms. The molecule has 9 heteroatoms. The Morgan fingerprint density at radius 3 is 2.55 bits per heavy atom. The van der Waals surface area contributed by atoms with Crippen molar-refractivity contribution in [2.45, 2.75) is 25.9 Å². The molecule has 2 aromatic rings. The number of carbonyl (C=O) groups is 3. The van der Waals surface area contributed by atoms with E-state index in [9.17, 15) is 14.4 Å². The van der Waals surface area contributed by atoms with Gasteiger partial charge in [-0.2, -0.15) is 0 Å². The number of esters is 1. The lowest BCUT2D eigenvalue weighted by Gasteiger charge is -2.18. The van der Waals surface area contributed by atoms with Crippen molar-refractivity contribution in [1.29, 1.82) is 0 Å². The quantitative estimate of drug-likeness (QED) is 0.487. The molecule has 0 bridgehead atoms. The second-order valence-electron chi connectivity index (χ2n) is 6.75. The first-order valence-corrected chi connectivity index (χ1v) is 10.0. The molecule has 31 heavy (non-hydrogen) atoms. The van der Waals surface area contributed by atoms with Crippen LogP contribution in [0.4, 0.5) is 5.69 Å². The minimum Gasteiger partial charge on any atom is -0.495 e. The van der Waals surface area contributed by atoms with Gasteiger partial charge in [0.2, 0.25) is 0 Å². The van der Waals surface area contributed by atoms with Gasteiger partial charge in [-0.1, -0.05) is 11.6 Å². The summed E-state index contributed by atoms with van der Waals surface area (Å²) in [5, 5.41) is 3.02. The maximum atomic E-state index is 12.4. The van der Waals surface area contributed by atoms with Crippen LogP contribution in [0.15, 0.2) is 36.4 Å². The summed E-state index contributed by atoms with van der Waals surface area (Å²) in [4.78, 5) is 36.8. The van der Waals surface area contributed by atoms with Gasteiger partial charge in [0.05, 0.1) is 19.2 Å². The molecule has 0 saturated carbocycles. The van der Waals surface area contributed by atoms with Crippen LogP contribution in [0.3, 0.4) is 0 Å². The van der Waals surface area contributed by atoms with Crippen LogP contribution in [-0.4, -0.2) is 44.1 Å². The molecule has 1 N–H and O–H groups in total. The Morgan fingerprint density at radius 2 is 1.81 bits per heavy atom. The van der Waals surface area contributed by atoms with E-state index in [0.29, 0.717) is 46.7 Å². The molecular weight excluding hydrogens is 426 g/mol. The molecule has 0 aromatic heterocycles. The highest BCUT2D eigenvalue weighted by Gasteiger charge is 2.21. The fourth-order valence-electron chi connectivity index (χ4n) is 2.90. The molecule has 1 aliphatic heterocycles. The van der Waals surface area contributed by atoms with Crippen molar-refractivity contribution in [2.24, 2.45) is 0 Å². The SMILES string of the molecule is COc1ccc(Cl)cc1NC(=O)C(C)OC(=O)CCC(=O)c1ccc2c(c1)OCCO2. The molecule has 0 fully saturated rings. The van der Waals surface area contributed by atoms with E-state index in [4.69, 9.17) is 30.5 Å². The molecule has 164 valence electrons. The Balaban J connectivity index is 1.50. The Morgan fingerprint density at radius 1 is 1.06 bits per heavy atom. The number of carbonyl (C=O) groups excluding carboxylic acids is 3. The molecule has 0 saturated heterocycles. The molecule has 1 aliphatic rings. The lowest BCUT2D eigenvalue weighted by atomic mass is 10.1. The molecule has 3 rings (SSSR count). The minimum atomic E-state index is -1.07. The van der Waals surface area contributed by atoms with Crippen LogP contribution in [0.5, 0.6) is 17.2 Å². The largest absolute Gasteiger partial charge is 0.495 e. The summed E-state index contributed by atoms with van der Waals surface area (Å²) in [7, 11) is 1.46. The highest BCUT2D eigenvalue weighted by atomic mass is 35.5. The van der Waals surface area contributed by atoms with E-state index in [1.807, 2.05) is 0 Å². The molecule has 8 nitrogen and oxygen atoms in total. The predicted molar refractivity (Wildman–Crippen MR) is 113 cm³/mol. The zero-order valence-electron chi connectivity index (χ0n) is 17.1. The normalized spacial score (nSPS) is 13.1. The molecule has 1 unspecified atom stereocenters. The number of hydrogen-bond acceptors (Lipinski definition) is 7. The summed E-state index contributed by atoms with van der Waals surface area (Å²) < 4.78 is 21.2. The van der Waals surface area contributed by atoms with Gasteiger partial charge in [0.25, 0.3) is 5.91 Å². The molecule has 1 atom stereocenters. The topological polar surface area (TPSA) is 100 Å². The van der Waals surface area contributed by atoms with E-state index < -0.39 is 18.0 Å². The predicted octanol–water partition coefficient (Wildman–Crippen LogP) is 3.65. The number of methoxy groups -OCH3 is 1. The number of nitrogens with one attached hydrogen (secondary N) is 1. The monoisotopic (exact) mass is 447 g/mol. The molecule has 1 heterocycles. The molecule has 0 aliphatic carbocycles. The van der Waals surface area contributed by atoms with E-state index in [-0.39, 0.29) is 18.6 Å². The van der Waals surface area contributed by atoms with Gasteiger partial charge in [-0.3, -0.25) is 14.4 Å². The average Bonchev–Trinajstić information content (AvgIpc) is 2.77. The van der Waals surface area contributed by atoms with Gasteiger partial charge in [-0.15, -0.1) is 0 Å². The van der Waals surface area contributed by atoms with Crippen LogP contribution in [0, 0.1) is 0 Å². The number of ether oxygens (including phenoxy) is 4. The molecule has 0 radical (unpaired) electrons. The molecule has 1 amide bonds. The Kier molecular flexibility index (Phi) is 7.36. The van der Waals surface area contributed by atoms with Crippen molar-refractivity contribution >= 4 is 34.9 Å². The van der Waals surface area contributed by atoms with Crippen LogP contribution >= 0.6 is 11.6 Å². The van der Waals surface area contributed by atoms with E-state index in [1.54, 1.807) is 30.3 Å². The first kappa shape index (κ1) is 22.4. The average molecular weight is 448 g/mol. The summed E-state index contributed by atoms with van der Waals surface area (Å²) in [5.74, 6) is 0.0504. The first-order valence-electron chi connectivity index (χ1n) is 9.64. The van der Waals surface area contributed by atoms with Gasteiger partial charge >= 0.3 is 5.97 Å². The summed E-state index contributed by atoms with van der Waals surface area (Å²) >= 11 is 5.94. The van der Waals surface area contributed by atoms with Gasteiger partial charge < -0.3 is 24.3 Å². The van der Waals surface area contributed by atoms with Crippen LogP contribution in [0.2, 0.25) is 5.02 Å². The molecular formula is C22H22ClNO7. The highest BCUT2D eigenvalue weighted by molar-refractivity contribution is 6.31. The first-order chi connectivity index (χ1) is 14.9. The van der Waals surface area contributed by atoms with Crippen molar-refractivity contribution in [2.75, 3.05) is 25.6 Å². The molecule has 2 aromatic carbocycles. The third-order valence-corrected chi connectivity index (χ3v) is 4.75. The number of anilines is 1. The van der Waals surface area contributed by atoms with Gasteiger partial charge in [0.1, 0.15) is 19.0 Å². The van der Waals surface area contributed by atoms with Gasteiger partial charge in [0, 0.05) is 17.0 Å². The van der Waals surface area contributed by atoms with Crippen LogP contribution in [0.1, 0.15) is 30.1 Å². The number of ketones is 1. The maximum absolute atomic E-state index is 12.4. The summed E-state index contributed by atoms with van der Waals surface area (Å²) in [5.41, 5.74) is 0.771. The maximum Gasteiger partial charge on any atom is 0.307 e. The number of fused-ring (bicyclic) bond motifs is 1. The van der Waals surface area contributed by atoms with E-state index in [1.165, 1.54) is 20.1 Å². The van der Waals surface area contributed by atoms with E-state index in [0.717, 1.165) is 0 Å². The lowest BCUT2D eigenvalue weighted by molar-refractivity contribution is -0.153. The fraction of sp³-hybridized carbons (Fsp3) is 0.318. The van der Waals surface area contributed by atoms with Crippen molar-refractivity contribution in [1.82, 2.24) is 0 Å². The van der Waals surface area contributed by atoms with Crippen molar-refractivity contribution < 1.29 is 33.3 Å². The van der Waals surface area contributed by atoms with Crippen molar-refractivity contribution in [3.63, 3.8) is 0 Å². The highest BCUT2D eigenvalue weighted by Crippen LogP contribution is 2.31. The van der Waals surface area contributed by atoms with Crippen molar-refractivity contribution in [3.8, 4) is 17.2 Å². The number of amides is 1. The Labute approximate surface area is 184 Å².